The number of nitrogens with one attached hydrogen (secondary N) is 1. The Labute approximate surface area is 216 Å². The van der Waals surface area contributed by atoms with Crippen molar-refractivity contribution in [2.75, 3.05) is 30.1 Å². The summed E-state index contributed by atoms with van der Waals surface area (Å²) in [5, 5.41) is 11.2. The number of rotatable bonds is 9. The Hall–Kier alpha value is -3.99. The van der Waals surface area contributed by atoms with Crippen molar-refractivity contribution in [2.45, 2.75) is 17.9 Å². The van der Waals surface area contributed by atoms with Gasteiger partial charge in [-0.2, -0.15) is 13.2 Å². The number of carbonyl (C=O) groups is 1. The first kappa shape index (κ1) is 26.1. The van der Waals surface area contributed by atoms with Crippen LogP contribution in [0.3, 0.4) is 0 Å². The van der Waals surface area contributed by atoms with Crippen LogP contribution in [-0.2, 0) is 17.6 Å². The number of alkyl halides is 3. The number of carbonyl (C=O) groups excluding carboxylic acids is 1. The third kappa shape index (κ3) is 6.62. The highest BCUT2D eigenvalue weighted by molar-refractivity contribution is 7.99. The number of nitrogens with zero attached hydrogens (tertiary/aromatic N) is 4. The summed E-state index contributed by atoms with van der Waals surface area (Å²) in [6, 6.07) is 21.8. The van der Waals surface area contributed by atoms with Crippen LogP contribution in [0.2, 0.25) is 0 Å². The molecule has 1 aromatic heterocycles. The third-order valence-electron chi connectivity index (χ3n) is 5.26. The summed E-state index contributed by atoms with van der Waals surface area (Å²) in [5.41, 5.74) is 0.549. The van der Waals surface area contributed by atoms with E-state index in [-0.39, 0.29) is 18.0 Å². The zero-order valence-electron chi connectivity index (χ0n) is 20.1. The van der Waals surface area contributed by atoms with E-state index in [0.717, 1.165) is 29.2 Å². The zero-order chi connectivity index (χ0) is 26.4. The number of benzene rings is 3. The number of hydrogen-bond donors (Lipinski definition) is 1. The standard InChI is InChI=1S/C26H24F3N5O2S/c1-33(2)19-11-8-12-20(15-19)36-16-23-31-32-25(34(23)18-9-4-3-5-10-18)37-17-24(35)30-22-14-7-6-13-21(22)26(27,28)29/h3-15H,16-17H2,1-2H3,(H,30,35). The summed E-state index contributed by atoms with van der Waals surface area (Å²) in [6.45, 7) is 0.116. The number of ether oxygens (including phenoxy) is 1. The predicted octanol–water partition coefficient (Wildman–Crippen LogP) is 5.66. The van der Waals surface area contributed by atoms with E-state index in [2.05, 4.69) is 15.5 Å². The zero-order valence-corrected chi connectivity index (χ0v) is 20.9. The number of hydrogen-bond acceptors (Lipinski definition) is 6. The molecule has 7 nitrogen and oxygen atoms in total. The lowest BCUT2D eigenvalue weighted by Crippen LogP contribution is -2.18. The van der Waals surface area contributed by atoms with E-state index in [1.54, 1.807) is 4.57 Å². The van der Waals surface area contributed by atoms with Crippen LogP contribution < -0.4 is 15.0 Å². The van der Waals surface area contributed by atoms with Crippen LogP contribution in [0, 0.1) is 0 Å². The number of aromatic nitrogens is 3. The first-order chi connectivity index (χ1) is 17.7. The molecule has 0 fully saturated rings. The molecule has 4 rings (SSSR count). The second-order valence-electron chi connectivity index (χ2n) is 8.13. The van der Waals surface area contributed by atoms with Gasteiger partial charge in [0.25, 0.3) is 0 Å². The van der Waals surface area contributed by atoms with Gasteiger partial charge in [0.05, 0.1) is 17.0 Å². The molecule has 0 saturated carbocycles. The van der Waals surface area contributed by atoms with E-state index in [1.807, 2.05) is 73.6 Å². The van der Waals surface area contributed by atoms with Crippen molar-refractivity contribution >= 4 is 29.0 Å². The average Bonchev–Trinajstić information content (AvgIpc) is 3.29. The van der Waals surface area contributed by atoms with Gasteiger partial charge in [-0.05, 0) is 36.4 Å². The maximum atomic E-state index is 13.3. The number of halogens is 3. The Morgan fingerprint density at radius 1 is 1.00 bits per heavy atom. The number of amides is 1. The molecule has 1 N–H and O–H groups in total. The van der Waals surface area contributed by atoms with Gasteiger partial charge in [0.1, 0.15) is 12.4 Å². The third-order valence-corrected chi connectivity index (χ3v) is 6.18. The highest BCUT2D eigenvalue weighted by atomic mass is 32.2. The molecule has 1 amide bonds. The van der Waals surface area contributed by atoms with Crippen LogP contribution in [0.4, 0.5) is 24.5 Å². The molecule has 11 heteroatoms. The number of anilines is 2. The molecule has 0 saturated heterocycles. The minimum Gasteiger partial charge on any atom is -0.486 e. The molecule has 0 bridgehead atoms. The second kappa shape index (κ2) is 11.4. The molecule has 0 radical (unpaired) electrons. The van der Waals surface area contributed by atoms with Crippen LogP contribution in [0.5, 0.6) is 5.75 Å². The molecule has 0 spiro atoms. The lowest BCUT2D eigenvalue weighted by molar-refractivity contribution is -0.137. The highest BCUT2D eigenvalue weighted by Crippen LogP contribution is 2.34. The summed E-state index contributed by atoms with van der Waals surface area (Å²) in [7, 11) is 3.87. The minimum atomic E-state index is -4.58. The molecule has 0 unspecified atom stereocenters. The summed E-state index contributed by atoms with van der Waals surface area (Å²) in [6.07, 6.45) is -4.58. The van der Waals surface area contributed by atoms with E-state index < -0.39 is 17.6 Å². The van der Waals surface area contributed by atoms with E-state index >= 15 is 0 Å². The molecular weight excluding hydrogens is 503 g/mol. The summed E-state index contributed by atoms with van der Waals surface area (Å²) in [5.74, 6) is 0.406. The Balaban J connectivity index is 1.50. The monoisotopic (exact) mass is 527 g/mol. The minimum absolute atomic E-state index is 0.116. The maximum absolute atomic E-state index is 13.3. The van der Waals surface area contributed by atoms with Crippen molar-refractivity contribution in [2.24, 2.45) is 0 Å². The van der Waals surface area contributed by atoms with Gasteiger partial charge in [-0.3, -0.25) is 9.36 Å². The predicted molar refractivity (Wildman–Crippen MR) is 137 cm³/mol. The Kier molecular flexibility index (Phi) is 8.02. The average molecular weight is 528 g/mol. The lowest BCUT2D eigenvalue weighted by atomic mass is 10.1. The Morgan fingerprint density at radius 3 is 2.46 bits per heavy atom. The summed E-state index contributed by atoms with van der Waals surface area (Å²) >= 11 is 1.07. The van der Waals surface area contributed by atoms with Gasteiger partial charge in [-0.15, -0.1) is 10.2 Å². The highest BCUT2D eigenvalue weighted by Gasteiger charge is 2.33. The fraction of sp³-hybridized carbons (Fsp3) is 0.192. The SMILES string of the molecule is CN(C)c1cccc(OCc2nnc(SCC(=O)Nc3ccccc3C(F)(F)F)n2-c2ccccc2)c1. The van der Waals surface area contributed by atoms with Crippen LogP contribution in [0.1, 0.15) is 11.4 Å². The van der Waals surface area contributed by atoms with E-state index in [1.165, 1.54) is 18.2 Å². The van der Waals surface area contributed by atoms with Gasteiger partial charge in [-0.25, -0.2) is 0 Å². The molecule has 0 aliphatic heterocycles. The molecule has 37 heavy (non-hydrogen) atoms. The summed E-state index contributed by atoms with van der Waals surface area (Å²) < 4.78 is 47.5. The molecular formula is C26H24F3N5O2S. The van der Waals surface area contributed by atoms with Crippen molar-refractivity contribution in [1.29, 1.82) is 0 Å². The topological polar surface area (TPSA) is 72.3 Å². The van der Waals surface area contributed by atoms with E-state index in [4.69, 9.17) is 4.74 Å². The van der Waals surface area contributed by atoms with Gasteiger partial charge in [-0.1, -0.05) is 48.2 Å². The molecule has 192 valence electrons. The van der Waals surface area contributed by atoms with Gasteiger partial charge < -0.3 is 15.0 Å². The fourth-order valence-corrected chi connectivity index (χ4v) is 4.25. The van der Waals surface area contributed by atoms with Crippen molar-refractivity contribution in [1.82, 2.24) is 14.8 Å². The largest absolute Gasteiger partial charge is 0.486 e. The lowest BCUT2D eigenvalue weighted by Gasteiger charge is -2.15. The van der Waals surface area contributed by atoms with Gasteiger partial charge in [0.2, 0.25) is 5.91 Å². The van der Waals surface area contributed by atoms with Crippen LogP contribution in [0.25, 0.3) is 5.69 Å². The van der Waals surface area contributed by atoms with E-state index in [0.29, 0.717) is 16.7 Å². The first-order valence-electron chi connectivity index (χ1n) is 11.2. The van der Waals surface area contributed by atoms with Crippen molar-refractivity contribution < 1.29 is 22.7 Å². The van der Waals surface area contributed by atoms with Crippen molar-refractivity contribution in [3.8, 4) is 11.4 Å². The van der Waals surface area contributed by atoms with E-state index in [9.17, 15) is 18.0 Å². The normalized spacial score (nSPS) is 11.3. The summed E-state index contributed by atoms with van der Waals surface area (Å²) in [4.78, 5) is 14.5. The smallest absolute Gasteiger partial charge is 0.418 e. The maximum Gasteiger partial charge on any atom is 0.418 e. The van der Waals surface area contributed by atoms with Gasteiger partial charge in [0, 0.05) is 31.5 Å². The Bertz CT molecular complexity index is 1360. The number of thioether (sulfide) groups is 1. The van der Waals surface area contributed by atoms with Crippen molar-refractivity contribution in [3.05, 3.63) is 90.3 Å². The van der Waals surface area contributed by atoms with Crippen LogP contribution >= 0.6 is 11.8 Å². The Morgan fingerprint density at radius 2 is 1.73 bits per heavy atom. The molecule has 1 heterocycles. The first-order valence-corrected chi connectivity index (χ1v) is 12.2. The fourth-order valence-electron chi connectivity index (χ4n) is 3.48. The van der Waals surface area contributed by atoms with Gasteiger partial charge >= 0.3 is 6.18 Å². The molecule has 0 aliphatic rings. The van der Waals surface area contributed by atoms with Crippen LogP contribution in [-0.4, -0.2) is 40.5 Å². The van der Waals surface area contributed by atoms with Crippen molar-refractivity contribution in [3.63, 3.8) is 0 Å². The molecule has 0 atom stereocenters. The second-order valence-corrected chi connectivity index (χ2v) is 9.07. The van der Waals surface area contributed by atoms with Gasteiger partial charge in [0.15, 0.2) is 11.0 Å². The number of para-hydroxylation sites is 2. The molecule has 4 aromatic rings. The molecule has 3 aromatic carbocycles. The molecule has 0 aliphatic carbocycles. The quantitative estimate of drug-likeness (QED) is 0.283. The van der Waals surface area contributed by atoms with Crippen LogP contribution in [0.15, 0.2) is 84.0 Å².